The minimum atomic E-state index is -0.613. The van der Waals surface area contributed by atoms with Crippen LogP contribution in [-0.4, -0.2) is 55.2 Å². The molecule has 0 spiro atoms. The van der Waals surface area contributed by atoms with Crippen LogP contribution in [0.2, 0.25) is 0 Å². The van der Waals surface area contributed by atoms with Crippen LogP contribution in [0.3, 0.4) is 0 Å². The van der Waals surface area contributed by atoms with Crippen molar-refractivity contribution in [2.45, 2.75) is 183 Å². The number of nitrogens with zero attached hydrogens (tertiary/aromatic N) is 8. The molecule has 20 rings (SSSR count). The third kappa shape index (κ3) is 10.8. The van der Waals surface area contributed by atoms with Crippen molar-refractivity contribution in [3.05, 3.63) is 189 Å². The first-order valence-corrected chi connectivity index (χ1v) is 40.4. The molecule has 0 atom stereocenters. The van der Waals surface area contributed by atoms with Crippen LogP contribution in [0.15, 0.2) is 147 Å². The maximum absolute atomic E-state index is 13.5. The molecule has 0 unspecified atom stereocenters. The van der Waals surface area contributed by atoms with Crippen molar-refractivity contribution < 1.29 is 28.6 Å². The Hall–Kier alpha value is -11.9. The van der Waals surface area contributed by atoms with Crippen molar-refractivity contribution in [3.63, 3.8) is 0 Å². The number of hydrogen-bond acceptors (Lipinski definition) is 16. The van der Waals surface area contributed by atoms with E-state index in [1.54, 1.807) is 11.3 Å². The standard InChI is InChI=1S/C98H89N9O6S/c1-45-33-51-34-46(2)88-81-72(51)78-85(45)111-89(104-78)63-43-55(41-59(83(63)109)69-29-25-48-20-19-47-23-27-67(100-74(47)75(48)102-69)57-37-53(93(3,4)5)39-61(73(57)99)92(107-81)114-88)97(15,16)31-32-98(17,18)56-42-60-70-30-26-50-22-21-49-24-28-68(101-76(49)77(50)103-70)58-38-54(94(6,7)8)40-62(82(58)108)90-105-79-71-52(35-65(86(79)112-90)95(9,10)11)36-66(96(12,13)14)87-80(71)106-91(113-87)64(44-56)84(60)110/h19-25,27-29,33-44,108-110H,26,30-32,99H2,1-18H3. The number of phenolic OH excluding ortho intramolecular Hbond substituents is 3. The molecule has 1 aliphatic heterocycles. The lowest BCUT2D eigenvalue weighted by Gasteiger charge is -2.32. The van der Waals surface area contributed by atoms with Crippen LogP contribution in [-0.2, 0) is 45.3 Å². The lowest BCUT2D eigenvalue weighted by molar-refractivity contribution is 0.375. The number of hydrogen-bond donors (Lipinski definition) is 4. The molecule has 0 fully saturated rings. The van der Waals surface area contributed by atoms with E-state index in [0.29, 0.717) is 141 Å². The van der Waals surface area contributed by atoms with E-state index in [1.807, 2.05) is 43.3 Å². The van der Waals surface area contributed by atoms with E-state index < -0.39 is 21.7 Å². The quantitative estimate of drug-likeness (QED) is 0.0928. The van der Waals surface area contributed by atoms with Crippen molar-refractivity contribution in [2.24, 2.45) is 0 Å². The first-order valence-electron chi connectivity index (χ1n) is 39.6. The van der Waals surface area contributed by atoms with Gasteiger partial charge in [-0.15, -0.1) is 11.3 Å². The molecule has 568 valence electrons. The van der Waals surface area contributed by atoms with Gasteiger partial charge in [0, 0.05) is 65.0 Å². The molecule has 9 aromatic heterocycles. The molecule has 0 aliphatic carbocycles. The van der Waals surface area contributed by atoms with E-state index in [2.05, 4.69) is 215 Å². The molecule has 5 N–H and O–H groups in total. The van der Waals surface area contributed by atoms with Gasteiger partial charge < -0.3 is 34.3 Å². The summed E-state index contributed by atoms with van der Waals surface area (Å²) in [5.41, 5.74) is 24.6. The molecule has 24 bridgehead atoms. The highest BCUT2D eigenvalue weighted by Gasteiger charge is 2.34. The molecular weight excluding hydrogens is 1430 g/mol. The number of benzene rings is 10. The lowest BCUT2D eigenvalue weighted by atomic mass is 9.72. The fourth-order valence-electron chi connectivity index (χ4n) is 17.6. The van der Waals surface area contributed by atoms with Gasteiger partial charge in [-0.05, 0) is 213 Å². The minimum Gasteiger partial charge on any atom is -0.506 e. The molecule has 1 aliphatic rings. The molecule has 114 heavy (non-hydrogen) atoms. The van der Waals surface area contributed by atoms with Crippen LogP contribution < -0.4 is 5.73 Å². The summed E-state index contributed by atoms with van der Waals surface area (Å²) in [4.78, 5) is 44.9. The van der Waals surface area contributed by atoms with E-state index in [-0.39, 0.29) is 45.2 Å². The maximum atomic E-state index is 13.5. The summed E-state index contributed by atoms with van der Waals surface area (Å²) in [6.07, 6.45) is 2.42. The molecule has 0 amide bonds. The zero-order valence-electron chi connectivity index (χ0n) is 67.7. The first kappa shape index (κ1) is 71.2. The number of rotatable bonds is 5. The summed E-state index contributed by atoms with van der Waals surface area (Å²) in [7, 11) is 0. The van der Waals surface area contributed by atoms with E-state index in [9.17, 15) is 15.3 Å². The van der Waals surface area contributed by atoms with Crippen LogP contribution >= 0.6 is 11.3 Å². The van der Waals surface area contributed by atoms with Crippen molar-refractivity contribution in [1.82, 2.24) is 39.9 Å². The van der Waals surface area contributed by atoms with Crippen molar-refractivity contribution in [2.75, 3.05) is 5.73 Å². The van der Waals surface area contributed by atoms with Crippen LogP contribution in [0, 0.1) is 13.8 Å². The summed E-state index contributed by atoms with van der Waals surface area (Å²) in [5.74, 6) is -0.0228. The Balaban J connectivity index is 0.826. The zero-order chi connectivity index (χ0) is 79.6. The minimum absolute atomic E-state index is 0.000937. The number of nitrogens with two attached hydrogens (primary N) is 1. The molecule has 0 saturated heterocycles. The van der Waals surface area contributed by atoms with E-state index in [4.69, 9.17) is 58.9 Å². The number of nitrogen functional groups attached to an aromatic ring is 1. The van der Waals surface area contributed by atoms with Crippen molar-refractivity contribution in [3.8, 4) is 17.2 Å². The van der Waals surface area contributed by atoms with Gasteiger partial charge in [0.05, 0.1) is 76.4 Å². The Morgan fingerprint density at radius 1 is 0.351 bits per heavy atom. The Morgan fingerprint density at radius 3 is 1.26 bits per heavy atom. The molecule has 10 heterocycles. The monoisotopic (exact) mass is 1520 g/mol. The van der Waals surface area contributed by atoms with Gasteiger partial charge in [-0.25, -0.2) is 34.9 Å². The fourth-order valence-corrected chi connectivity index (χ4v) is 18.7. The van der Waals surface area contributed by atoms with Crippen LogP contribution in [0.1, 0.15) is 179 Å². The van der Waals surface area contributed by atoms with Gasteiger partial charge in [-0.2, -0.15) is 0 Å². The number of oxazole rings is 3. The average Bonchev–Trinajstić information content (AvgIpc) is 1.54. The molecular formula is C98H89N9O6S. The number of thiazole rings is 1. The molecule has 0 radical (unpaired) electrons. The molecule has 0 saturated carbocycles. The van der Waals surface area contributed by atoms with Crippen molar-refractivity contribution >= 4 is 202 Å². The van der Waals surface area contributed by atoms with Crippen LogP contribution in [0.4, 0.5) is 5.69 Å². The third-order valence-corrected chi connectivity index (χ3v) is 26.0. The largest absolute Gasteiger partial charge is 0.506 e. The predicted octanol–water partition coefficient (Wildman–Crippen LogP) is 25.6. The number of aromatic hydroxyl groups is 3. The highest BCUT2D eigenvalue weighted by molar-refractivity contribution is 7.25. The summed E-state index contributed by atoms with van der Waals surface area (Å²) in [6.45, 7) is 39.4. The van der Waals surface area contributed by atoms with E-state index >= 15 is 0 Å². The Labute approximate surface area is 661 Å². The lowest BCUT2D eigenvalue weighted by Crippen LogP contribution is -2.24. The Kier molecular flexibility index (Phi) is 14.9. The third-order valence-electron chi connectivity index (χ3n) is 24.8. The second-order valence-electron chi connectivity index (χ2n) is 37.7. The van der Waals surface area contributed by atoms with Gasteiger partial charge >= 0.3 is 0 Å². The summed E-state index contributed by atoms with van der Waals surface area (Å²) >= 11 is 1.62. The smallest absolute Gasteiger partial charge is 0.231 e. The molecule has 16 heteroatoms. The first-order chi connectivity index (χ1) is 53.9. The zero-order valence-corrected chi connectivity index (χ0v) is 68.5. The summed E-state index contributed by atoms with van der Waals surface area (Å²) < 4.78 is 22.5. The number of fused-ring (bicyclic) bond motifs is 24. The molecule has 10 aromatic carbocycles. The number of aromatic nitrogens is 8. The number of phenols is 3. The van der Waals surface area contributed by atoms with E-state index in [1.165, 1.54) is 0 Å². The SMILES string of the molecule is Cc1cc2cc(C)c3sc4nc3c2c2nc(oc12)c1cc(C(C)(C)CCC(C)(C)c2cc3c5nc6c(ccc7ccc(nc76)c6cc(C(C)(C)C)cc(c6O)c6nc7c(o6)c(C(C)(C)C)cc6cc(C(C)(C)C)c8oc(nc8c67)c(c2)c3O)CC5)cc(c1O)c1ccc2ccc3ccc(nc3c2n1)c1cc(C(C)(C)C)cc4c1N. The maximum Gasteiger partial charge on any atom is 0.231 e. The average molecular weight is 1520 g/mol. The van der Waals surface area contributed by atoms with Gasteiger partial charge in [0.1, 0.15) is 38.6 Å². The molecule has 19 aromatic rings. The predicted molar refractivity (Wildman–Crippen MR) is 470 cm³/mol. The number of pyridine rings is 3. The summed E-state index contributed by atoms with van der Waals surface area (Å²) in [6, 6.07) is 46.1. The summed E-state index contributed by atoms with van der Waals surface area (Å²) in [5, 5.41) is 50.3. The molecule has 15 nitrogen and oxygen atoms in total. The number of aryl methyl sites for hydroxylation is 4. The van der Waals surface area contributed by atoms with Gasteiger partial charge in [-0.1, -0.05) is 153 Å². The van der Waals surface area contributed by atoms with Gasteiger partial charge in [0.2, 0.25) is 17.1 Å². The van der Waals surface area contributed by atoms with Gasteiger partial charge in [-0.3, -0.25) is 4.98 Å². The van der Waals surface area contributed by atoms with E-state index in [0.717, 1.165) is 114 Å². The Bertz CT molecular complexity index is 7740. The topological polar surface area (TPSA) is 229 Å². The second-order valence-corrected chi connectivity index (χ2v) is 38.7. The normalized spacial score (nSPS) is 13.7. The highest BCUT2D eigenvalue weighted by atomic mass is 32.1. The van der Waals surface area contributed by atoms with Crippen LogP contribution in [0.5, 0.6) is 17.2 Å². The van der Waals surface area contributed by atoms with Crippen LogP contribution in [0.25, 0.3) is 185 Å². The Morgan fingerprint density at radius 2 is 0.746 bits per heavy atom. The van der Waals surface area contributed by atoms with Crippen molar-refractivity contribution in [1.29, 1.82) is 0 Å². The van der Waals surface area contributed by atoms with Gasteiger partial charge in [0.25, 0.3) is 0 Å². The van der Waals surface area contributed by atoms with Gasteiger partial charge in [0.15, 0.2) is 16.7 Å². The highest BCUT2D eigenvalue weighted by Crippen LogP contribution is 2.50. The second kappa shape index (κ2) is 23.9. The fraction of sp³-hybridized carbons (Fsp3) is 0.286. The number of anilines is 1.